The first-order valence-corrected chi connectivity index (χ1v) is 6.19. The smallest absolute Gasteiger partial charge is 0.244 e. The van der Waals surface area contributed by atoms with Crippen LogP contribution < -0.4 is 11.1 Å². The van der Waals surface area contributed by atoms with E-state index in [1.54, 1.807) is 11.9 Å². The van der Waals surface area contributed by atoms with Crippen molar-refractivity contribution in [3.63, 3.8) is 0 Å². The summed E-state index contributed by atoms with van der Waals surface area (Å²) in [7, 11) is 1.79. The van der Waals surface area contributed by atoms with E-state index in [4.69, 9.17) is 18.0 Å². The number of hydrogen-bond donors (Lipinski definition) is 2. The minimum Gasteiger partial charge on any atom is -0.389 e. The highest BCUT2D eigenvalue weighted by molar-refractivity contribution is 7.80. The van der Waals surface area contributed by atoms with E-state index in [9.17, 15) is 4.79 Å². The number of pyridine rings is 1. The Morgan fingerprint density at radius 2 is 2.33 bits per heavy atom. The molecule has 0 bridgehead atoms. The molecule has 3 N–H and O–H groups in total. The average Bonchev–Trinajstić information content (AvgIpc) is 2.61. The van der Waals surface area contributed by atoms with Gasteiger partial charge in [-0.2, -0.15) is 0 Å². The molecule has 0 aromatic carbocycles. The van der Waals surface area contributed by atoms with Gasteiger partial charge in [0.1, 0.15) is 16.8 Å². The van der Waals surface area contributed by atoms with Crippen molar-refractivity contribution < 1.29 is 4.79 Å². The summed E-state index contributed by atoms with van der Waals surface area (Å²) >= 11 is 4.99. The van der Waals surface area contributed by atoms with Crippen LogP contribution in [0.25, 0.3) is 0 Å². The van der Waals surface area contributed by atoms with Crippen molar-refractivity contribution in [3.8, 4) is 0 Å². The van der Waals surface area contributed by atoms with Crippen LogP contribution in [0, 0.1) is 6.92 Å². The SMILES string of the molecule is Cc1ccc(C(N)=S)c(NC2CCN(C)C2=O)n1. The molecule has 1 aromatic rings. The van der Waals surface area contributed by atoms with Crippen molar-refractivity contribution in [2.75, 3.05) is 18.9 Å². The fourth-order valence-electron chi connectivity index (χ4n) is 1.99. The molecule has 96 valence electrons. The number of thiocarbonyl (C=S) groups is 1. The molecule has 1 atom stereocenters. The summed E-state index contributed by atoms with van der Waals surface area (Å²) in [5.41, 5.74) is 7.19. The van der Waals surface area contributed by atoms with Gasteiger partial charge in [-0.3, -0.25) is 4.79 Å². The second-order valence-electron chi connectivity index (χ2n) is 4.46. The van der Waals surface area contributed by atoms with Crippen LogP contribution in [-0.2, 0) is 4.79 Å². The van der Waals surface area contributed by atoms with E-state index >= 15 is 0 Å². The molecule has 1 saturated heterocycles. The number of carbonyl (C=O) groups excluding carboxylic acids is 1. The Bertz CT molecular complexity index is 503. The monoisotopic (exact) mass is 264 g/mol. The van der Waals surface area contributed by atoms with Gasteiger partial charge in [0.15, 0.2) is 0 Å². The molecule has 18 heavy (non-hydrogen) atoms. The maximum absolute atomic E-state index is 11.8. The summed E-state index contributed by atoms with van der Waals surface area (Å²) in [6.45, 7) is 2.64. The Labute approximate surface area is 111 Å². The van der Waals surface area contributed by atoms with Crippen molar-refractivity contribution >= 4 is 28.9 Å². The summed E-state index contributed by atoms with van der Waals surface area (Å²) in [5, 5.41) is 3.14. The molecule has 5 nitrogen and oxygen atoms in total. The molecule has 2 rings (SSSR count). The molecule has 0 aliphatic carbocycles. The maximum Gasteiger partial charge on any atom is 0.244 e. The topological polar surface area (TPSA) is 71.2 Å². The minimum atomic E-state index is -0.239. The molecule has 1 aromatic heterocycles. The fraction of sp³-hybridized carbons (Fsp3) is 0.417. The number of nitrogens with zero attached hydrogens (tertiary/aromatic N) is 2. The number of hydrogen-bond acceptors (Lipinski definition) is 4. The molecule has 6 heteroatoms. The number of anilines is 1. The zero-order chi connectivity index (χ0) is 13.3. The number of likely N-dealkylation sites (N-methyl/N-ethyl adjacent to an activating group) is 1. The van der Waals surface area contributed by atoms with Crippen molar-refractivity contribution in [2.45, 2.75) is 19.4 Å². The maximum atomic E-state index is 11.8. The molecule has 1 aliphatic rings. The molecule has 0 saturated carbocycles. The van der Waals surface area contributed by atoms with Gasteiger partial charge in [0, 0.05) is 19.3 Å². The van der Waals surface area contributed by atoms with Crippen LogP contribution in [0.5, 0.6) is 0 Å². The van der Waals surface area contributed by atoms with Gasteiger partial charge in [-0.25, -0.2) is 4.98 Å². The van der Waals surface area contributed by atoms with E-state index in [1.807, 2.05) is 19.1 Å². The summed E-state index contributed by atoms with van der Waals surface area (Å²) in [6.07, 6.45) is 0.766. The van der Waals surface area contributed by atoms with Crippen molar-refractivity contribution in [2.24, 2.45) is 5.73 Å². The molecule has 2 heterocycles. The van der Waals surface area contributed by atoms with Gasteiger partial charge in [-0.15, -0.1) is 0 Å². The predicted molar refractivity (Wildman–Crippen MR) is 74.5 cm³/mol. The summed E-state index contributed by atoms with van der Waals surface area (Å²) in [4.78, 5) is 18.2. The second kappa shape index (κ2) is 4.89. The summed E-state index contributed by atoms with van der Waals surface area (Å²) in [5.74, 6) is 0.670. The van der Waals surface area contributed by atoms with Crippen molar-refractivity contribution in [1.82, 2.24) is 9.88 Å². The highest BCUT2D eigenvalue weighted by Crippen LogP contribution is 2.18. The zero-order valence-electron chi connectivity index (χ0n) is 10.4. The predicted octanol–water partition coefficient (Wildman–Crippen LogP) is 0.667. The molecule has 1 unspecified atom stereocenters. The van der Waals surface area contributed by atoms with Crippen LogP contribution >= 0.6 is 12.2 Å². The number of amides is 1. The van der Waals surface area contributed by atoms with Crippen LogP contribution in [-0.4, -0.2) is 40.4 Å². The molecule has 1 amide bonds. The van der Waals surface area contributed by atoms with E-state index in [2.05, 4.69) is 10.3 Å². The van der Waals surface area contributed by atoms with E-state index in [0.717, 1.165) is 18.7 Å². The number of rotatable bonds is 3. The highest BCUT2D eigenvalue weighted by atomic mass is 32.1. The standard InChI is InChI=1S/C12H16N4OS/c1-7-3-4-8(10(13)18)11(14-7)15-9-5-6-16(2)12(9)17/h3-4,9H,5-6H2,1-2H3,(H2,13,18)(H,14,15). The van der Waals surface area contributed by atoms with Gasteiger partial charge in [0.05, 0.1) is 5.56 Å². The lowest BCUT2D eigenvalue weighted by Crippen LogP contribution is -2.32. The third kappa shape index (κ3) is 2.43. The van der Waals surface area contributed by atoms with Crippen molar-refractivity contribution in [1.29, 1.82) is 0 Å². The fourth-order valence-corrected chi connectivity index (χ4v) is 2.15. The van der Waals surface area contributed by atoms with Gasteiger partial charge in [0.2, 0.25) is 5.91 Å². The third-order valence-corrected chi connectivity index (χ3v) is 3.26. The Balaban J connectivity index is 2.25. The van der Waals surface area contributed by atoms with Crippen molar-refractivity contribution in [3.05, 3.63) is 23.4 Å². The normalized spacial score (nSPS) is 19.1. The Morgan fingerprint density at radius 3 is 2.89 bits per heavy atom. The van der Waals surface area contributed by atoms with Crippen LogP contribution in [0.3, 0.4) is 0 Å². The average molecular weight is 264 g/mol. The van der Waals surface area contributed by atoms with E-state index < -0.39 is 0 Å². The lowest BCUT2D eigenvalue weighted by molar-refractivity contribution is -0.127. The number of aromatic nitrogens is 1. The number of aryl methyl sites for hydroxylation is 1. The lowest BCUT2D eigenvalue weighted by atomic mass is 10.2. The largest absolute Gasteiger partial charge is 0.389 e. The first-order valence-electron chi connectivity index (χ1n) is 5.78. The first-order chi connectivity index (χ1) is 8.49. The first kappa shape index (κ1) is 12.8. The molecular weight excluding hydrogens is 248 g/mol. The minimum absolute atomic E-state index is 0.0761. The van der Waals surface area contributed by atoms with Crippen LogP contribution in [0.15, 0.2) is 12.1 Å². The summed E-state index contributed by atoms with van der Waals surface area (Å²) in [6, 6.07) is 3.44. The number of likely N-dealkylation sites (tertiary alicyclic amines) is 1. The quantitative estimate of drug-likeness (QED) is 0.785. The van der Waals surface area contributed by atoms with Gasteiger partial charge >= 0.3 is 0 Å². The Kier molecular flexibility index (Phi) is 3.47. The van der Waals surface area contributed by atoms with Gasteiger partial charge < -0.3 is 16.0 Å². The molecule has 0 radical (unpaired) electrons. The van der Waals surface area contributed by atoms with Crippen LogP contribution in [0.2, 0.25) is 0 Å². The van der Waals surface area contributed by atoms with Gasteiger partial charge in [-0.1, -0.05) is 12.2 Å². The second-order valence-corrected chi connectivity index (χ2v) is 4.90. The van der Waals surface area contributed by atoms with E-state index in [-0.39, 0.29) is 16.9 Å². The highest BCUT2D eigenvalue weighted by Gasteiger charge is 2.29. The number of nitrogens with one attached hydrogen (secondary N) is 1. The van der Waals surface area contributed by atoms with Gasteiger partial charge in [0.25, 0.3) is 0 Å². The van der Waals surface area contributed by atoms with E-state index in [0.29, 0.717) is 11.4 Å². The number of nitrogens with two attached hydrogens (primary N) is 1. The zero-order valence-corrected chi connectivity index (χ0v) is 11.3. The molecular formula is C12H16N4OS. The van der Waals surface area contributed by atoms with Crippen LogP contribution in [0.4, 0.5) is 5.82 Å². The lowest BCUT2D eigenvalue weighted by Gasteiger charge is -2.15. The molecule has 1 fully saturated rings. The number of carbonyl (C=O) groups is 1. The Hall–Kier alpha value is -1.69. The van der Waals surface area contributed by atoms with Crippen LogP contribution in [0.1, 0.15) is 17.7 Å². The van der Waals surface area contributed by atoms with E-state index in [1.165, 1.54) is 0 Å². The third-order valence-electron chi connectivity index (χ3n) is 3.04. The molecule has 0 spiro atoms. The van der Waals surface area contributed by atoms with Gasteiger partial charge in [-0.05, 0) is 25.5 Å². The molecule has 1 aliphatic heterocycles. The Morgan fingerprint density at radius 1 is 1.61 bits per heavy atom. The summed E-state index contributed by atoms with van der Waals surface area (Å²) < 4.78 is 0.